The number of aliphatic hydroxyl groups is 1. The van der Waals surface area contributed by atoms with E-state index >= 15 is 0 Å². The van der Waals surface area contributed by atoms with Crippen molar-refractivity contribution in [1.29, 1.82) is 0 Å². The van der Waals surface area contributed by atoms with Gasteiger partial charge in [0.25, 0.3) is 0 Å². The van der Waals surface area contributed by atoms with Crippen molar-refractivity contribution in [3.8, 4) is 0 Å². The molecule has 0 aliphatic heterocycles. The van der Waals surface area contributed by atoms with E-state index in [-0.39, 0.29) is 12.0 Å². The summed E-state index contributed by atoms with van der Waals surface area (Å²) < 4.78 is 0. The zero-order valence-electron chi connectivity index (χ0n) is 12.1. The standard InChI is InChI=1S/C16H24N2O2/c1-12-4-2-3-5-15(12)18-16(20)11-17-10-13-6-8-14(19)9-7-13/h2-5,13-14,17,19H,6-11H2,1H3,(H,18,20). The van der Waals surface area contributed by atoms with Gasteiger partial charge in [-0.1, -0.05) is 18.2 Å². The van der Waals surface area contributed by atoms with Crippen LogP contribution >= 0.6 is 0 Å². The SMILES string of the molecule is Cc1ccccc1NC(=O)CNCC1CCC(O)CC1. The third-order valence-corrected chi connectivity index (χ3v) is 3.95. The molecule has 0 atom stereocenters. The Bertz CT molecular complexity index is 440. The van der Waals surface area contributed by atoms with Crippen LogP contribution in [0.2, 0.25) is 0 Å². The number of hydrogen-bond donors (Lipinski definition) is 3. The number of carbonyl (C=O) groups is 1. The molecule has 0 heterocycles. The smallest absolute Gasteiger partial charge is 0.238 e. The molecule has 0 spiro atoms. The number of nitrogens with one attached hydrogen (secondary N) is 2. The molecule has 0 radical (unpaired) electrons. The first-order valence-corrected chi connectivity index (χ1v) is 7.39. The Morgan fingerprint density at radius 1 is 1.25 bits per heavy atom. The molecule has 110 valence electrons. The first-order valence-electron chi connectivity index (χ1n) is 7.39. The molecule has 1 fully saturated rings. The molecule has 0 bridgehead atoms. The van der Waals surface area contributed by atoms with E-state index in [1.165, 1.54) is 0 Å². The number of carbonyl (C=O) groups excluding carboxylic acids is 1. The fourth-order valence-electron chi connectivity index (χ4n) is 2.65. The average molecular weight is 276 g/mol. The quantitative estimate of drug-likeness (QED) is 0.771. The first kappa shape index (κ1) is 15.0. The van der Waals surface area contributed by atoms with Crippen molar-refractivity contribution in [3.63, 3.8) is 0 Å². The summed E-state index contributed by atoms with van der Waals surface area (Å²) in [6.45, 7) is 3.18. The summed E-state index contributed by atoms with van der Waals surface area (Å²) in [5.74, 6) is 0.583. The van der Waals surface area contributed by atoms with E-state index in [4.69, 9.17) is 0 Å². The van der Waals surface area contributed by atoms with Gasteiger partial charge < -0.3 is 15.7 Å². The second-order valence-corrected chi connectivity index (χ2v) is 5.67. The number of anilines is 1. The van der Waals surface area contributed by atoms with Gasteiger partial charge in [0.15, 0.2) is 0 Å². The zero-order chi connectivity index (χ0) is 14.4. The summed E-state index contributed by atoms with van der Waals surface area (Å²) in [5.41, 5.74) is 1.95. The third-order valence-electron chi connectivity index (χ3n) is 3.95. The Morgan fingerprint density at radius 3 is 2.65 bits per heavy atom. The number of amides is 1. The zero-order valence-corrected chi connectivity index (χ0v) is 12.1. The number of aliphatic hydroxyl groups excluding tert-OH is 1. The molecule has 1 aliphatic carbocycles. The molecule has 1 aromatic rings. The molecule has 1 aromatic carbocycles. The second kappa shape index (κ2) is 7.41. The molecule has 3 N–H and O–H groups in total. The van der Waals surface area contributed by atoms with E-state index in [2.05, 4.69) is 10.6 Å². The summed E-state index contributed by atoms with van der Waals surface area (Å²) in [7, 11) is 0. The van der Waals surface area contributed by atoms with Crippen LogP contribution < -0.4 is 10.6 Å². The lowest BCUT2D eigenvalue weighted by atomic mass is 9.87. The summed E-state index contributed by atoms with van der Waals surface area (Å²) in [4.78, 5) is 11.8. The summed E-state index contributed by atoms with van der Waals surface area (Å²) in [6.07, 6.45) is 3.76. The average Bonchev–Trinajstić information content (AvgIpc) is 2.44. The van der Waals surface area contributed by atoms with Crippen molar-refractivity contribution in [1.82, 2.24) is 5.32 Å². The van der Waals surface area contributed by atoms with Gasteiger partial charge in [0.05, 0.1) is 12.6 Å². The van der Waals surface area contributed by atoms with Gasteiger partial charge in [-0.3, -0.25) is 4.79 Å². The number of hydrogen-bond acceptors (Lipinski definition) is 3. The maximum absolute atomic E-state index is 11.8. The first-order chi connectivity index (χ1) is 9.65. The number of rotatable bonds is 5. The van der Waals surface area contributed by atoms with E-state index in [1.807, 2.05) is 31.2 Å². The highest BCUT2D eigenvalue weighted by Gasteiger charge is 2.19. The van der Waals surface area contributed by atoms with Crippen LogP contribution in [0.15, 0.2) is 24.3 Å². The van der Waals surface area contributed by atoms with Gasteiger partial charge in [-0.25, -0.2) is 0 Å². The lowest BCUT2D eigenvalue weighted by Gasteiger charge is -2.25. The molecule has 4 nitrogen and oxygen atoms in total. The fraction of sp³-hybridized carbons (Fsp3) is 0.562. The molecule has 1 aliphatic rings. The number of para-hydroxylation sites is 1. The molecular formula is C16H24N2O2. The minimum atomic E-state index is -0.115. The van der Waals surface area contributed by atoms with Crippen molar-refractivity contribution in [2.45, 2.75) is 38.7 Å². The van der Waals surface area contributed by atoms with Gasteiger partial charge in [-0.05, 0) is 56.7 Å². The predicted molar refractivity (Wildman–Crippen MR) is 80.6 cm³/mol. The minimum absolute atomic E-state index is 0.00450. The fourth-order valence-corrected chi connectivity index (χ4v) is 2.65. The lowest BCUT2D eigenvalue weighted by Crippen LogP contribution is -2.33. The van der Waals surface area contributed by atoms with Crippen LogP contribution in [0.1, 0.15) is 31.2 Å². The number of aryl methyl sites for hydroxylation is 1. The Morgan fingerprint density at radius 2 is 1.95 bits per heavy atom. The van der Waals surface area contributed by atoms with Gasteiger partial charge in [0.2, 0.25) is 5.91 Å². The second-order valence-electron chi connectivity index (χ2n) is 5.67. The topological polar surface area (TPSA) is 61.4 Å². The van der Waals surface area contributed by atoms with Crippen molar-refractivity contribution in [2.75, 3.05) is 18.4 Å². The summed E-state index contributed by atoms with van der Waals surface area (Å²) in [5, 5.41) is 15.6. The molecule has 0 unspecified atom stereocenters. The molecule has 4 heteroatoms. The van der Waals surface area contributed by atoms with Crippen molar-refractivity contribution in [2.24, 2.45) is 5.92 Å². The van der Waals surface area contributed by atoms with Crippen LogP contribution in [0, 0.1) is 12.8 Å². The van der Waals surface area contributed by atoms with Gasteiger partial charge in [-0.15, -0.1) is 0 Å². The molecule has 0 aromatic heterocycles. The van der Waals surface area contributed by atoms with Gasteiger partial charge in [-0.2, -0.15) is 0 Å². The normalized spacial score (nSPS) is 22.5. The van der Waals surface area contributed by atoms with Gasteiger partial charge >= 0.3 is 0 Å². The molecule has 2 rings (SSSR count). The van der Waals surface area contributed by atoms with Crippen LogP contribution in [-0.4, -0.2) is 30.2 Å². The Balaban J connectivity index is 1.67. The van der Waals surface area contributed by atoms with E-state index in [9.17, 15) is 9.90 Å². The van der Waals surface area contributed by atoms with Crippen molar-refractivity contribution < 1.29 is 9.90 Å². The molecule has 20 heavy (non-hydrogen) atoms. The lowest BCUT2D eigenvalue weighted by molar-refractivity contribution is -0.115. The van der Waals surface area contributed by atoms with Crippen LogP contribution in [0.5, 0.6) is 0 Å². The largest absolute Gasteiger partial charge is 0.393 e. The number of benzene rings is 1. The minimum Gasteiger partial charge on any atom is -0.393 e. The highest BCUT2D eigenvalue weighted by atomic mass is 16.3. The molecule has 0 saturated heterocycles. The molecular weight excluding hydrogens is 252 g/mol. The van der Waals surface area contributed by atoms with E-state index in [0.717, 1.165) is 43.5 Å². The summed E-state index contributed by atoms with van der Waals surface area (Å²) in [6, 6.07) is 7.77. The monoisotopic (exact) mass is 276 g/mol. The van der Waals surface area contributed by atoms with Crippen molar-refractivity contribution in [3.05, 3.63) is 29.8 Å². The van der Waals surface area contributed by atoms with Crippen LogP contribution in [0.3, 0.4) is 0 Å². The molecule has 1 saturated carbocycles. The maximum atomic E-state index is 11.8. The highest BCUT2D eigenvalue weighted by molar-refractivity contribution is 5.92. The Kier molecular flexibility index (Phi) is 5.56. The Labute approximate surface area is 120 Å². The van der Waals surface area contributed by atoms with Crippen molar-refractivity contribution >= 4 is 11.6 Å². The van der Waals surface area contributed by atoms with Crippen LogP contribution in [0.4, 0.5) is 5.69 Å². The highest BCUT2D eigenvalue weighted by Crippen LogP contribution is 2.23. The maximum Gasteiger partial charge on any atom is 0.238 e. The summed E-state index contributed by atoms with van der Waals surface area (Å²) >= 11 is 0. The van der Waals surface area contributed by atoms with E-state index < -0.39 is 0 Å². The van der Waals surface area contributed by atoms with Crippen LogP contribution in [0.25, 0.3) is 0 Å². The third kappa shape index (κ3) is 4.62. The van der Waals surface area contributed by atoms with E-state index in [0.29, 0.717) is 12.5 Å². The van der Waals surface area contributed by atoms with Gasteiger partial charge in [0, 0.05) is 5.69 Å². The van der Waals surface area contributed by atoms with Gasteiger partial charge in [0.1, 0.15) is 0 Å². The Hall–Kier alpha value is -1.39. The van der Waals surface area contributed by atoms with Crippen LogP contribution in [-0.2, 0) is 4.79 Å². The predicted octanol–water partition coefficient (Wildman–Crippen LogP) is 2.07. The molecule has 1 amide bonds. The van der Waals surface area contributed by atoms with E-state index in [1.54, 1.807) is 0 Å².